The van der Waals surface area contributed by atoms with Crippen molar-refractivity contribution < 1.29 is 17.9 Å². The molecule has 10 heteroatoms. The minimum Gasteiger partial charge on any atom is -0.376 e. The normalized spacial score (nSPS) is 19.9. The summed E-state index contributed by atoms with van der Waals surface area (Å²) in [5, 5.41) is 0.609. The summed E-state index contributed by atoms with van der Waals surface area (Å²) in [4.78, 5) is 20.2. The second kappa shape index (κ2) is 10.3. The Kier molecular flexibility index (Phi) is 7.28. The van der Waals surface area contributed by atoms with Gasteiger partial charge in [0.2, 0.25) is 10.0 Å². The van der Waals surface area contributed by atoms with E-state index in [0.29, 0.717) is 42.9 Å². The SMILES string of the molecule is CC1CCN(S(=O)(=O)c2ccc(C(=O)N(CC3CCCO3)c3nc4ccc(Br)cc4s3)cc2)CC1. The number of rotatable bonds is 6. The van der Waals surface area contributed by atoms with E-state index in [9.17, 15) is 13.2 Å². The molecule has 186 valence electrons. The van der Waals surface area contributed by atoms with Crippen LogP contribution in [0.4, 0.5) is 5.13 Å². The molecule has 0 N–H and O–H groups in total. The van der Waals surface area contributed by atoms with E-state index in [1.807, 2.05) is 18.2 Å². The molecule has 0 radical (unpaired) electrons. The average Bonchev–Trinajstić information content (AvgIpc) is 3.52. The molecule has 1 amide bonds. The zero-order valence-corrected chi connectivity index (χ0v) is 22.7. The van der Waals surface area contributed by atoms with E-state index in [-0.39, 0.29) is 16.9 Å². The maximum Gasteiger partial charge on any atom is 0.260 e. The van der Waals surface area contributed by atoms with Crippen molar-refractivity contribution in [3.63, 3.8) is 0 Å². The first-order chi connectivity index (χ1) is 16.8. The lowest BCUT2D eigenvalue weighted by atomic mass is 10.0. The number of aromatic nitrogens is 1. The van der Waals surface area contributed by atoms with Gasteiger partial charge in [0, 0.05) is 29.7 Å². The molecule has 2 fully saturated rings. The van der Waals surface area contributed by atoms with E-state index in [0.717, 1.165) is 40.4 Å². The second-order valence-electron chi connectivity index (χ2n) is 9.27. The number of hydrogen-bond donors (Lipinski definition) is 0. The van der Waals surface area contributed by atoms with Gasteiger partial charge in [0.1, 0.15) is 0 Å². The molecule has 2 aliphatic heterocycles. The van der Waals surface area contributed by atoms with Crippen LogP contribution >= 0.6 is 27.3 Å². The van der Waals surface area contributed by atoms with E-state index in [1.54, 1.807) is 33.5 Å². The van der Waals surface area contributed by atoms with E-state index in [1.165, 1.54) is 11.3 Å². The Morgan fingerprint density at radius 2 is 1.91 bits per heavy atom. The maximum atomic E-state index is 13.6. The van der Waals surface area contributed by atoms with Crippen LogP contribution in [0.25, 0.3) is 10.2 Å². The van der Waals surface area contributed by atoms with Crippen LogP contribution in [-0.4, -0.2) is 56.0 Å². The highest BCUT2D eigenvalue weighted by Gasteiger charge is 2.30. The number of amides is 1. The van der Waals surface area contributed by atoms with Crippen LogP contribution in [-0.2, 0) is 14.8 Å². The predicted octanol–water partition coefficient (Wildman–Crippen LogP) is 5.31. The summed E-state index contributed by atoms with van der Waals surface area (Å²) in [5.74, 6) is 0.328. The fraction of sp³-hybridized carbons (Fsp3) is 0.440. The number of piperidine rings is 1. The molecule has 5 rings (SSSR count). The number of sulfonamides is 1. The number of anilines is 1. The number of nitrogens with zero attached hydrogens (tertiary/aromatic N) is 3. The zero-order chi connectivity index (χ0) is 24.6. The first-order valence-electron chi connectivity index (χ1n) is 11.9. The third kappa shape index (κ3) is 5.32. The number of hydrogen-bond acceptors (Lipinski definition) is 6. The minimum atomic E-state index is -3.57. The van der Waals surface area contributed by atoms with Crippen LogP contribution in [0, 0.1) is 5.92 Å². The number of halogens is 1. The summed E-state index contributed by atoms with van der Waals surface area (Å²) in [6.45, 7) is 4.32. The van der Waals surface area contributed by atoms with Gasteiger partial charge in [-0.15, -0.1) is 0 Å². The lowest BCUT2D eigenvalue weighted by Crippen LogP contribution is -2.38. The van der Waals surface area contributed by atoms with Gasteiger partial charge in [-0.1, -0.05) is 34.2 Å². The van der Waals surface area contributed by atoms with Gasteiger partial charge in [-0.25, -0.2) is 13.4 Å². The monoisotopic (exact) mass is 577 g/mol. The number of carbonyl (C=O) groups is 1. The summed E-state index contributed by atoms with van der Waals surface area (Å²) in [7, 11) is -3.57. The molecular formula is C25H28BrN3O4S2. The third-order valence-electron chi connectivity index (χ3n) is 6.71. The van der Waals surface area contributed by atoms with Crippen LogP contribution in [0.2, 0.25) is 0 Å². The molecule has 0 aliphatic carbocycles. The maximum absolute atomic E-state index is 13.6. The van der Waals surface area contributed by atoms with Gasteiger partial charge in [-0.3, -0.25) is 9.69 Å². The first kappa shape index (κ1) is 24.8. The van der Waals surface area contributed by atoms with Gasteiger partial charge in [0.25, 0.3) is 5.91 Å². The zero-order valence-electron chi connectivity index (χ0n) is 19.5. The van der Waals surface area contributed by atoms with Gasteiger partial charge < -0.3 is 4.74 Å². The predicted molar refractivity (Wildman–Crippen MR) is 142 cm³/mol. The summed E-state index contributed by atoms with van der Waals surface area (Å²) in [6, 6.07) is 12.1. The van der Waals surface area contributed by atoms with Crippen molar-refractivity contribution in [1.82, 2.24) is 9.29 Å². The van der Waals surface area contributed by atoms with Crippen molar-refractivity contribution in [3.8, 4) is 0 Å². The molecule has 2 aliphatic rings. The molecule has 7 nitrogen and oxygen atoms in total. The van der Waals surface area contributed by atoms with Crippen LogP contribution in [0.15, 0.2) is 51.8 Å². The van der Waals surface area contributed by atoms with Gasteiger partial charge in [0.15, 0.2) is 5.13 Å². The molecule has 0 bridgehead atoms. The highest BCUT2D eigenvalue weighted by molar-refractivity contribution is 9.10. The van der Waals surface area contributed by atoms with Crippen LogP contribution in [0.1, 0.15) is 43.0 Å². The van der Waals surface area contributed by atoms with Crippen molar-refractivity contribution >= 4 is 58.5 Å². The van der Waals surface area contributed by atoms with E-state index in [4.69, 9.17) is 9.72 Å². The van der Waals surface area contributed by atoms with Crippen LogP contribution < -0.4 is 4.90 Å². The lowest BCUT2D eigenvalue weighted by molar-refractivity contribution is 0.0917. The topological polar surface area (TPSA) is 79.8 Å². The number of thiazole rings is 1. The number of benzene rings is 2. The van der Waals surface area contributed by atoms with E-state index in [2.05, 4.69) is 22.9 Å². The molecule has 1 atom stereocenters. The van der Waals surface area contributed by atoms with Gasteiger partial charge >= 0.3 is 0 Å². The Morgan fingerprint density at radius 1 is 1.17 bits per heavy atom. The molecular weight excluding hydrogens is 550 g/mol. The Bertz CT molecular complexity index is 1310. The van der Waals surface area contributed by atoms with Gasteiger partial charge in [-0.2, -0.15) is 4.31 Å². The molecule has 0 saturated carbocycles. The smallest absolute Gasteiger partial charge is 0.260 e. The number of ether oxygens (including phenoxy) is 1. The Labute approximate surface area is 218 Å². The molecule has 1 unspecified atom stereocenters. The average molecular weight is 579 g/mol. The van der Waals surface area contributed by atoms with Crippen LogP contribution in [0.3, 0.4) is 0 Å². The first-order valence-corrected chi connectivity index (χ1v) is 15.0. The Balaban J connectivity index is 1.41. The quantitative estimate of drug-likeness (QED) is 0.397. The van der Waals surface area contributed by atoms with Crippen molar-refractivity contribution in [1.29, 1.82) is 0 Å². The highest BCUT2D eigenvalue weighted by atomic mass is 79.9. The van der Waals surface area contributed by atoms with Crippen molar-refractivity contribution in [2.24, 2.45) is 5.92 Å². The summed E-state index contributed by atoms with van der Waals surface area (Å²) in [6.07, 6.45) is 3.56. The van der Waals surface area contributed by atoms with Gasteiger partial charge in [0.05, 0.1) is 27.8 Å². The fourth-order valence-corrected chi connectivity index (χ4v) is 7.54. The summed E-state index contributed by atoms with van der Waals surface area (Å²) in [5.41, 5.74) is 1.25. The van der Waals surface area contributed by atoms with E-state index >= 15 is 0 Å². The van der Waals surface area contributed by atoms with Crippen molar-refractivity contribution in [3.05, 3.63) is 52.5 Å². The minimum absolute atomic E-state index is 0.0427. The standard InChI is InChI=1S/C25H28BrN3O4S2/c1-17-10-12-28(13-11-17)35(31,32)21-7-4-18(5-8-21)24(30)29(16-20-3-2-14-33-20)25-27-22-9-6-19(26)15-23(22)34-25/h4-9,15,17,20H,2-3,10-14,16H2,1H3. The lowest BCUT2D eigenvalue weighted by Gasteiger charge is -2.29. The molecule has 35 heavy (non-hydrogen) atoms. The molecule has 1 aromatic heterocycles. The van der Waals surface area contributed by atoms with Crippen molar-refractivity contribution in [2.45, 2.75) is 43.6 Å². The fourth-order valence-electron chi connectivity index (χ4n) is 4.54. The molecule has 3 heterocycles. The van der Waals surface area contributed by atoms with Crippen molar-refractivity contribution in [2.75, 3.05) is 31.1 Å². The largest absolute Gasteiger partial charge is 0.376 e. The Hall–Kier alpha value is -1.85. The Morgan fingerprint density at radius 3 is 2.60 bits per heavy atom. The summed E-state index contributed by atoms with van der Waals surface area (Å²) < 4.78 is 35.5. The third-order valence-corrected chi connectivity index (χ3v) is 10.2. The van der Waals surface area contributed by atoms with E-state index < -0.39 is 10.0 Å². The molecule has 0 spiro atoms. The van der Waals surface area contributed by atoms with Crippen LogP contribution in [0.5, 0.6) is 0 Å². The molecule has 2 aromatic carbocycles. The molecule has 2 saturated heterocycles. The second-order valence-corrected chi connectivity index (χ2v) is 13.1. The van der Waals surface area contributed by atoms with Gasteiger partial charge in [-0.05, 0) is 74.1 Å². The number of fused-ring (bicyclic) bond motifs is 1. The summed E-state index contributed by atoms with van der Waals surface area (Å²) >= 11 is 4.95. The highest BCUT2D eigenvalue weighted by Crippen LogP contribution is 2.33. The number of carbonyl (C=O) groups excluding carboxylic acids is 1. The molecule has 3 aromatic rings.